The molecule has 0 saturated heterocycles. The van der Waals surface area contributed by atoms with Gasteiger partial charge in [0.2, 0.25) is 0 Å². The molecule has 16 heavy (non-hydrogen) atoms. The largest absolute Gasteiger partial charge is 0.497 e. The molecule has 0 fully saturated rings. The number of allylic oxidation sites excluding steroid dienone is 2. The van der Waals surface area contributed by atoms with Crippen molar-refractivity contribution < 1.29 is 4.74 Å². The van der Waals surface area contributed by atoms with E-state index < -0.39 is 0 Å². The minimum atomic E-state index is 0.893. The number of rotatable bonds is 2. The maximum Gasteiger partial charge on any atom is 0.119 e. The zero-order valence-corrected chi connectivity index (χ0v) is 10.6. The van der Waals surface area contributed by atoms with Crippen LogP contribution in [0.4, 0.5) is 0 Å². The summed E-state index contributed by atoms with van der Waals surface area (Å²) in [6.07, 6.45) is 5.43. The summed E-state index contributed by atoms with van der Waals surface area (Å²) in [7, 11) is 1.68. The topological polar surface area (TPSA) is 9.23 Å². The zero-order chi connectivity index (χ0) is 12.3. The Labute approximate surface area is 98.1 Å². The molecule has 0 N–H and O–H groups in total. The second-order valence-corrected chi connectivity index (χ2v) is 4.03. The summed E-state index contributed by atoms with van der Waals surface area (Å²) in [5, 5.41) is 0. The van der Waals surface area contributed by atoms with Gasteiger partial charge in [0.1, 0.15) is 5.75 Å². The second kappa shape index (κ2) is 4.90. The van der Waals surface area contributed by atoms with Crippen LogP contribution in [0.2, 0.25) is 0 Å². The van der Waals surface area contributed by atoms with Gasteiger partial charge < -0.3 is 4.74 Å². The molecule has 0 aliphatic rings. The molecule has 0 heterocycles. The van der Waals surface area contributed by atoms with Crippen molar-refractivity contribution in [2.45, 2.75) is 27.7 Å². The molecule has 0 amide bonds. The van der Waals surface area contributed by atoms with Crippen LogP contribution in [0.15, 0.2) is 17.7 Å². The Bertz CT molecular complexity index is 450. The Morgan fingerprint density at radius 3 is 2.06 bits per heavy atom. The van der Waals surface area contributed by atoms with E-state index >= 15 is 0 Å². The normalized spacial score (nSPS) is 11.8. The Kier molecular flexibility index (Phi) is 3.79. The lowest BCUT2D eigenvalue weighted by atomic mass is 9.93. The average molecular weight is 214 g/mol. The van der Waals surface area contributed by atoms with Crippen LogP contribution in [0.5, 0.6) is 5.75 Å². The molecule has 0 aliphatic carbocycles. The zero-order valence-electron chi connectivity index (χ0n) is 10.6. The maximum atomic E-state index is 5.43. The number of ether oxygens (including phenoxy) is 1. The van der Waals surface area contributed by atoms with E-state index in [1.54, 1.807) is 7.11 Å². The number of terminal acetylenes is 1. The van der Waals surface area contributed by atoms with E-state index in [1.807, 2.05) is 19.1 Å². The van der Waals surface area contributed by atoms with Crippen LogP contribution in [-0.2, 0) is 0 Å². The van der Waals surface area contributed by atoms with Gasteiger partial charge in [-0.1, -0.05) is 5.92 Å². The molecule has 0 radical (unpaired) electrons. The Morgan fingerprint density at radius 2 is 1.69 bits per heavy atom. The molecule has 1 aromatic carbocycles. The fraction of sp³-hybridized carbons (Fsp3) is 0.333. The average Bonchev–Trinajstić information content (AvgIpc) is 2.26. The molecule has 0 atom stereocenters. The molecule has 1 nitrogen and oxygen atoms in total. The highest BCUT2D eigenvalue weighted by Crippen LogP contribution is 2.28. The summed E-state index contributed by atoms with van der Waals surface area (Å²) >= 11 is 0. The van der Waals surface area contributed by atoms with E-state index in [-0.39, 0.29) is 0 Å². The summed E-state index contributed by atoms with van der Waals surface area (Å²) in [6, 6.07) is 4.07. The van der Waals surface area contributed by atoms with Crippen LogP contribution < -0.4 is 4.74 Å². The first-order valence-corrected chi connectivity index (χ1v) is 5.31. The van der Waals surface area contributed by atoms with Gasteiger partial charge in [-0.3, -0.25) is 0 Å². The molecule has 0 bridgehead atoms. The summed E-state index contributed by atoms with van der Waals surface area (Å²) in [5.74, 6) is 3.59. The van der Waals surface area contributed by atoms with E-state index in [0.29, 0.717) is 0 Å². The van der Waals surface area contributed by atoms with Gasteiger partial charge in [-0.25, -0.2) is 0 Å². The third-order valence-electron chi connectivity index (χ3n) is 2.90. The van der Waals surface area contributed by atoms with Crippen molar-refractivity contribution in [3.05, 3.63) is 34.4 Å². The standard InChI is InChI=1S/C15H18O/c1-7-10(2)13(5)15-11(3)8-14(16-6)9-12(15)4/h1,8-9H,2-6H3/b13-10-. The van der Waals surface area contributed by atoms with Crippen molar-refractivity contribution in [3.8, 4) is 18.1 Å². The minimum absolute atomic E-state index is 0.893. The van der Waals surface area contributed by atoms with Crippen molar-refractivity contribution in [2.75, 3.05) is 7.11 Å². The Hall–Kier alpha value is -1.68. The molecule has 0 saturated carbocycles. The van der Waals surface area contributed by atoms with E-state index in [4.69, 9.17) is 11.2 Å². The molecule has 1 rings (SSSR count). The highest BCUT2D eigenvalue weighted by Gasteiger charge is 2.08. The van der Waals surface area contributed by atoms with Crippen molar-refractivity contribution in [1.82, 2.24) is 0 Å². The van der Waals surface area contributed by atoms with E-state index in [1.165, 1.54) is 22.3 Å². The minimum Gasteiger partial charge on any atom is -0.497 e. The third kappa shape index (κ3) is 2.28. The van der Waals surface area contributed by atoms with Gasteiger partial charge in [0.15, 0.2) is 0 Å². The van der Waals surface area contributed by atoms with Crippen LogP contribution in [-0.4, -0.2) is 7.11 Å². The first kappa shape index (κ1) is 12.4. The highest BCUT2D eigenvalue weighted by atomic mass is 16.5. The van der Waals surface area contributed by atoms with Gasteiger partial charge in [0, 0.05) is 5.57 Å². The SMILES string of the molecule is C#C/C(C)=C(/C)c1c(C)cc(OC)cc1C. The summed E-state index contributed by atoms with van der Waals surface area (Å²) in [6.45, 7) is 8.20. The lowest BCUT2D eigenvalue weighted by Gasteiger charge is -2.13. The van der Waals surface area contributed by atoms with Gasteiger partial charge in [-0.15, -0.1) is 6.42 Å². The van der Waals surface area contributed by atoms with Crippen molar-refractivity contribution in [3.63, 3.8) is 0 Å². The molecule has 0 aliphatic heterocycles. The monoisotopic (exact) mass is 214 g/mol. The molecule has 1 heteroatoms. The smallest absolute Gasteiger partial charge is 0.119 e. The first-order chi connectivity index (χ1) is 7.51. The lowest BCUT2D eigenvalue weighted by molar-refractivity contribution is 0.414. The molecule has 1 aromatic rings. The van der Waals surface area contributed by atoms with E-state index in [0.717, 1.165) is 11.3 Å². The summed E-state index contributed by atoms with van der Waals surface area (Å²) in [5.41, 5.74) is 5.78. The number of aryl methyl sites for hydroxylation is 2. The molecule has 0 aromatic heterocycles. The number of methoxy groups -OCH3 is 1. The fourth-order valence-corrected chi connectivity index (χ4v) is 1.93. The molecule has 0 unspecified atom stereocenters. The number of hydrogen-bond donors (Lipinski definition) is 0. The van der Waals surface area contributed by atoms with Crippen molar-refractivity contribution in [2.24, 2.45) is 0 Å². The quantitative estimate of drug-likeness (QED) is 0.681. The number of hydrogen-bond acceptors (Lipinski definition) is 1. The van der Waals surface area contributed by atoms with Crippen LogP contribution in [0.1, 0.15) is 30.5 Å². The van der Waals surface area contributed by atoms with E-state index in [2.05, 4.69) is 26.7 Å². The number of benzene rings is 1. The molecular formula is C15H18O. The van der Waals surface area contributed by atoms with Crippen LogP contribution in [0.3, 0.4) is 0 Å². The summed E-state index contributed by atoms with van der Waals surface area (Å²) in [4.78, 5) is 0. The van der Waals surface area contributed by atoms with Crippen molar-refractivity contribution >= 4 is 5.57 Å². The predicted molar refractivity (Wildman–Crippen MR) is 69.6 cm³/mol. The van der Waals surface area contributed by atoms with Crippen molar-refractivity contribution in [1.29, 1.82) is 0 Å². The highest BCUT2D eigenvalue weighted by molar-refractivity contribution is 5.74. The van der Waals surface area contributed by atoms with Crippen LogP contribution in [0, 0.1) is 26.2 Å². The second-order valence-electron chi connectivity index (χ2n) is 4.03. The summed E-state index contributed by atoms with van der Waals surface area (Å²) < 4.78 is 5.24. The Morgan fingerprint density at radius 1 is 1.19 bits per heavy atom. The van der Waals surface area contributed by atoms with E-state index in [9.17, 15) is 0 Å². The maximum absolute atomic E-state index is 5.43. The first-order valence-electron chi connectivity index (χ1n) is 5.31. The molecule has 0 spiro atoms. The van der Waals surface area contributed by atoms with Gasteiger partial charge >= 0.3 is 0 Å². The van der Waals surface area contributed by atoms with Crippen LogP contribution in [0.25, 0.3) is 5.57 Å². The fourth-order valence-electron chi connectivity index (χ4n) is 1.93. The van der Waals surface area contributed by atoms with Crippen LogP contribution >= 0.6 is 0 Å². The predicted octanol–water partition coefficient (Wildman–Crippen LogP) is 3.74. The van der Waals surface area contributed by atoms with Gasteiger partial charge in [-0.05, 0) is 62.1 Å². The molecule has 84 valence electrons. The van der Waals surface area contributed by atoms with Gasteiger partial charge in [-0.2, -0.15) is 0 Å². The Balaban J connectivity index is 3.43. The van der Waals surface area contributed by atoms with Gasteiger partial charge in [0.25, 0.3) is 0 Å². The molecular weight excluding hydrogens is 196 g/mol. The third-order valence-corrected chi connectivity index (χ3v) is 2.90. The lowest BCUT2D eigenvalue weighted by Crippen LogP contribution is -1.95. The van der Waals surface area contributed by atoms with Gasteiger partial charge in [0.05, 0.1) is 7.11 Å².